The van der Waals surface area contributed by atoms with Crippen LogP contribution in [0.2, 0.25) is 0 Å². The molecule has 0 aliphatic heterocycles. The largest absolute Gasteiger partial charge is 0.497 e. The number of sulfonamides is 1. The highest BCUT2D eigenvalue weighted by molar-refractivity contribution is 7.99. The summed E-state index contributed by atoms with van der Waals surface area (Å²) in [6.07, 6.45) is 1.64. The zero-order valence-corrected chi connectivity index (χ0v) is 14.0. The van der Waals surface area contributed by atoms with Gasteiger partial charge in [-0.15, -0.1) is 3.77 Å². The smallest absolute Gasteiger partial charge is 0.288 e. The van der Waals surface area contributed by atoms with Crippen molar-refractivity contribution in [2.45, 2.75) is 9.79 Å². The Bertz CT molecular complexity index is 844. The summed E-state index contributed by atoms with van der Waals surface area (Å²) in [6, 6.07) is 11.6. The molecule has 7 nitrogen and oxygen atoms in total. The fourth-order valence-corrected chi connectivity index (χ4v) is 4.62. The Balaban J connectivity index is 2.32. The van der Waals surface area contributed by atoms with Gasteiger partial charge in [0.2, 0.25) is 0 Å². The molecular weight excluding hydrogens is 340 g/mol. The van der Waals surface area contributed by atoms with Crippen LogP contribution in [-0.2, 0) is 20.7 Å². The minimum Gasteiger partial charge on any atom is -0.497 e. The van der Waals surface area contributed by atoms with Crippen molar-refractivity contribution in [3.8, 4) is 5.75 Å². The van der Waals surface area contributed by atoms with Crippen LogP contribution < -0.4 is 4.74 Å². The van der Waals surface area contributed by atoms with E-state index in [9.17, 15) is 18.5 Å². The molecule has 0 unspecified atom stereocenters. The van der Waals surface area contributed by atoms with Crippen molar-refractivity contribution in [3.05, 3.63) is 58.6 Å². The van der Waals surface area contributed by atoms with Gasteiger partial charge in [0.1, 0.15) is 5.75 Å². The molecule has 0 saturated heterocycles. The highest BCUT2D eigenvalue weighted by Crippen LogP contribution is 2.20. The second kappa shape index (κ2) is 6.88. The Morgan fingerprint density at radius 3 is 2.13 bits per heavy atom. The number of hydrogen-bond donors (Lipinski definition) is 0. The molecule has 0 fully saturated rings. The maximum absolute atomic E-state index is 12.3. The Kier molecular flexibility index (Phi) is 5.12. The molecule has 0 bridgehead atoms. The average Bonchev–Trinajstić information content (AvgIpc) is 2.54. The van der Waals surface area contributed by atoms with E-state index in [4.69, 9.17) is 4.74 Å². The number of nitro benzene ring substituents is 1. The Morgan fingerprint density at radius 1 is 1.09 bits per heavy atom. The van der Waals surface area contributed by atoms with E-state index in [-0.39, 0.29) is 10.6 Å². The van der Waals surface area contributed by atoms with Gasteiger partial charge >= 0.3 is 0 Å². The van der Waals surface area contributed by atoms with E-state index in [1.165, 1.54) is 43.5 Å². The molecule has 0 heterocycles. The van der Waals surface area contributed by atoms with Crippen LogP contribution in [0.3, 0.4) is 0 Å². The number of hydrogen-bond acceptors (Lipinski definition) is 5. The van der Waals surface area contributed by atoms with Crippen LogP contribution in [0.1, 0.15) is 0 Å². The van der Waals surface area contributed by atoms with Crippen LogP contribution >= 0.6 is 0 Å². The number of rotatable bonds is 5. The van der Waals surface area contributed by atoms with E-state index in [1.54, 1.807) is 18.4 Å². The van der Waals surface area contributed by atoms with E-state index in [2.05, 4.69) is 3.77 Å². The van der Waals surface area contributed by atoms with E-state index in [1.807, 2.05) is 0 Å². The van der Waals surface area contributed by atoms with Gasteiger partial charge in [-0.05, 0) is 42.7 Å². The minimum atomic E-state index is -3.81. The molecule has 2 rings (SSSR count). The van der Waals surface area contributed by atoms with Gasteiger partial charge in [-0.25, -0.2) is 0 Å². The summed E-state index contributed by atoms with van der Waals surface area (Å²) in [6.45, 7) is 0. The third-order valence-corrected chi connectivity index (χ3v) is 6.46. The molecule has 2 aromatic carbocycles. The first-order chi connectivity index (χ1) is 10.8. The summed E-state index contributed by atoms with van der Waals surface area (Å²) >= 11 is 0. The van der Waals surface area contributed by atoms with Gasteiger partial charge in [0.25, 0.3) is 15.7 Å². The van der Waals surface area contributed by atoms with Crippen LogP contribution in [0.15, 0.2) is 62.1 Å². The third-order valence-electron chi connectivity index (χ3n) is 2.96. The van der Waals surface area contributed by atoms with Crippen LogP contribution in [-0.4, -0.2) is 26.7 Å². The molecule has 0 saturated carbocycles. The second-order valence-electron chi connectivity index (χ2n) is 4.45. The zero-order valence-electron chi connectivity index (χ0n) is 12.4. The summed E-state index contributed by atoms with van der Waals surface area (Å²) in [4.78, 5) is 10.8. The predicted octanol–water partition coefficient (Wildman–Crippen LogP) is 2.78. The molecule has 0 aromatic heterocycles. The zero-order chi connectivity index (χ0) is 17.0. The molecule has 0 aliphatic carbocycles. The number of ether oxygens (including phenoxy) is 1. The minimum absolute atomic E-state index is 0.0521. The van der Waals surface area contributed by atoms with Crippen molar-refractivity contribution in [3.63, 3.8) is 0 Å². The van der Waals surface area contributed by atoms with Gasteiger partial charge in [-0.2, -0.15) is 8.42 Å². The monoisotopic (exact) mass is 354 g/mol. The molecule has 0 spiro atoms. The van der Waals surface area contributed by atoms with Gasteiger partial charge in [0, 0.05) is 17.0 Å². The molecular formula is C14H14N2O5S2. The molecule has 0 N–H and O–H groups in total. The normalized spacial score (nSPS) is 12.8. The van der Waals surface area contributed by atoms with Crippen LogP contribution in [0.4, 0.5) is 5.69 Å². The molecule has 0 aliphatic rings. The van der Waals surface area contributed by atoms with Crippen molar-refractivity contribution >= 4 is 26.4 Å². The molecule has 9 heteroatoms. The van der Waals surface area contributed by atoms with Crippen LogP contribution in [0, 0.1) is 10.1 Å². The van der Waals surface area contributed by atoms with Gasteiger partial charge in [-0.3, -0.25) is 10.1 Å². The first-order valence-corrected chi connectivity index (χ1v) is 9.39. The van der Waals surface area contributed by atoms with Gasteiger partial charge in [0.05, 0.1) is 16.9 Å². The standard InChI is InChI=1S/C14H14N2O5S2/c1-21-12-5-9-14(10-6-12)23(19,20)15-22(2)13-7-3-11(4-8-13)16(17)18/h3-10H,1-2H3/t22-/m0/s1. The van der Waals surface area contributed by atoms with Crippen molar-refractivity contribution in [2.24, 2.45) is 3.77 Å². The van der Waals surface area contributed by atoms with Crippen molar-refractivity contribution < 1.29 is 18.1 Å². The lowest BCUT2D eigenvalue weighted by atomic mass is 10.3. The van der Waals surface area contributed by atoms with E-state index < -0.39 is 25.6 Å². The maximum atomic E-state index is 12.3. The highest BCUT2D eigenvalue weighted by Gasteiger charge is 2.14. The number of nitrogens with zero attached hydrogens (tertiary/aromatic N) is 2. The topological polar surface area (TPSA) is 98.9 Å². The lowest BCUT2D eigenvalue weighted by Crippen LogP contribution is -2.00. The molecule has 2 aromatic rings. The van der Waals surface area contributed by atoms with E-state index in [0.29, 0.717) is 10.6 Å². The fraction of sp³-hybridized carbons (Fsp3) is 0.143. The number of nitro groups is 1. The van der Waals surface area contributed by atoms with Gasteiger partial charge in [0.15, 0.2) is 0 Å². The third kappa shape index (κ3) is 4.14. The Hall–Kier alpha value is -2.26. The molecule has 0 radical (unpaired) electrons. The first kappa shape index (κ1) is 17.1. The summed E-state index contributed by atoms with van der Waals surface area (Å²) < 4.78 is 33.4. The molecule has 0 amide bonds. The van der Waals surface area contributed by atoms with Gasteiger partial charge in [-0.1, -0.05) is 10.7 Å². The van der Waals surface area contributed by atoms with E-state index in [0.717, 1.165) is 0 Å². The second-order valence-corrected chi connectivity index (χ2v) is 7.90. The SMILES string of the molecule is COc1ccc(S(=O)(=O)N=[S@@](C)c2ccc([N+](=O)[O-])cc2)cc1. The van der Waals surface area contributed by atoms with Crippen molar-refractivity contribution in [1.82, 2.24) is 0 Å². The van der Waals surface area contributed by atoms with E-state index >= 15 is 0 Å². The molecule has 1 atom stereocenters. The summed E-state index contributed by atoms with van der Waals surface area (Å²) in [5.74, 6) is 0.551. The van der Waals surface area contributed by atoms with Crippen molar-refractivity contribution in [1.29, 1.82) is 0 Å². The molecule has 23 heavy (non-hydrogen) atoms. The summed E-state index contributed by atoms with van der Waals surface area (Å²) in [5.41, 5.74) is -0.0521. The summed E-state index contributed by atoms with van der Waals surface area (Å²) in [5, 5.41) is 10.6. The maximum Gasteiger partial charge on any atom is 0.288 e. The average molecular weight is 354 g/mol. The lowest BCUT2D eigenvalue weighted by Gasteiger charge is -2.04. The first-order valence-electron chi connectivity index (χ1n) is 6.36. The number of non-ortho nitro benzene ring substituents is 1. The van der Waals surface area contributed by atoms with Crippen molar-refractivity contribution in [2.75, 3.05) is 13.4 Å². The number of benzene rings is 2. The summed E-state index contributed by atoms with van der Waals surface area (Å²) in [7, 11) is -3.27. The van der Waals surface area contributed by atoms with Gasteiger partial charge < -0.3 is 4.74 Å². The van der Waals surface area contributed by atoms with Crippen LogP contribution in [0.25, 0.3) is 0 Å². The number of methoxy groups -OCH3 is 1. The predicted molar refractivity (Wildman–Crippen MR) is 87.3 cm³/mol. The quantitative estimate of drug-likeness (QED) is 0.607. The Morgan fingerprint density at radius 2 is 1.65 bits per heavy atom. The lowest BCUT2D eigenvalue weighted by molar-refractivity contribution is -0.384. The molecule has 122 valence electrons. The highest BCUT2D eigenvalue weighted by atomic mass is 32.3. The van der Waals surface area contributed by atoms with Crippen LogP contribution in [0.5, 0.6) is 5.75 Å². The Labute approximate surface area is 136 Å². The fourth-order valence-electron chi connectivity index (χ4n) is 1.75.